The minimum absolute atomic E-state index is 0.124. The van der Waals surface area contributed by atoms with E-state index in [1.54, 1.807) is 23.5 Å². The largest absolute Gasteiger partial charge is 0.337 e. The lowest BCUT2D eigenvalue weighted by Crippen LogP contribution is -2.58. The number of amides is 1. The number of hydrogen-bond donors (Lipinski definition) is 0. The van der Waals surface area contributed by atoms with Gasteiger partial charge in [-0.2, -0.15) is 4.98 Å². The number of fused-ring (bicyclic) bond motifs is 1. The van der Waals surface area contributed by atoms with Gasteiger partial charge in [-0.3, -0.25) is 14.3 Å². The highest BCUT2D eigenvalue weighted by Crippen LogP contribution is 2.56. The first kappa shape index (κ1) is 17.8. The zero-order chi connectivity index (χ0) is 20.3. The van der Waals surface area contributed by atoms with E-state index in [2.05, 4.69) is 40.6 Å². The van der Waals surface area contributed by atoms with E-state index >= 15 is 0 Å². The summed E-state index contributed by atoms with van der Waals surface area (Å²) in [5.74, 6) is 2.40. The van der Waals surface area contributed by atoms with Crippen LogP contribution >= 0.6 is 0 Å². The molecule has 1 spiro atoms. The molecule has 0 bridgehead atoms. The van der Waals surface area contributed by atoms with Gasteiger partial charge in [-0.1, -0.05) is 13.0 Å². The minimum Gasteiger partial charge on any atom is -0.337 e. The van der Waals surface area contributed by atoms with Crippen molar-refractivity contribution in [3.05, 3.63) is 43.0 Å². The number of hydrogen-bond acceptors (Lipinski definition) is 6. The number of pyridine rings is 1. The van der Waals surface area contributed by atoms with Crippen molar-refractivity contribution in [3.63, 3.8) is 0 Å². The molecular formula is C21H23N7O. The predicted octanol–water partition coefficient (Wildman–Crippen LogP) is 2.69. The molecule has 4 heterocycles. The van der Waals surface area contributed by atoms with Crippen molar-refractivity contribution < 1.29 is 4.79 Å². The van der Waals surface area contributed by atoms with Crippen LogP contribution in [0.5, 0.6) is 0 Å². The molecule has 0 unspecified atom stereocenters. The highest BCUT2D eigenvalue weighted by molar-refractivity contribution is 6.09. The SMILES string of the molecule is CC(C)N1c2nc(-n3ccnc3-c3ccccn3)ncc2N(C)C(=O)[C@@]12C[C@@H]2C. The molecule has 2 aliphatic rings. The smallest absolute Gasteiger partial charge is 0.253 e. The molecule has 3 aromatic rings. The highest BCUT2D eigenvalue weighted by Gasteiger charge is 2.66. The van der Waals surface area contributed by atoms with Gasteiger partial charge in [0.25, 0.3) is 5.91 Å². The lowest BCUT2D eigenvalue weighted by molar-refractivity contribution is -0.121. The van der Waals surface area contributed by atoms with Crippen LogP contribution in [-0.4, -0.2) is 49.0 Å². The third kappa shape index (κ3) is 2.41. The standard InChI is InChI=1S/C21H23N7O/c1-13(2)28-18-16(26(4)19(29)21(28)11-14(21)3)12-24-20(25-18)27-10-9-23-17(27)15-7-5-6-8-22-15/h5-10,12-14H,11H2,1-4H3/t14-,21-/m0/s1. The molecule has 8 heteroatoms. The van der Waals surface area contributed by atoms with Crippen LogP contribution in [0.2, 0.25) is 0 Å². The molecule has 1 fully saturated rings. The molecular weight excluding hydrogens is 366 g/mol. The van der Waals surface area contributed by atoms with Gasteiger partial charge >= 0.3 is 0 Å². The van der Waals surface area contributed by atoms with Crippen molar-refractivity contribution in [2.45, 2.75) is 38.8 Å². The van der Waals surface area contributed by atoms with Gasteiger partial charge < -0.3 is 9.80 Å². The van der Waals surface area contributed by atoms with E-state index in [1.807, 2.05) is 36.0 Å². The number of likely N-dealkylation sites (N-methyl/N-ethyl adjacent to an activating group) is 1. The maximum absolute atomic E-state index is 13.2. The summed E-state index contributed by atoms with van der Waals surface area (Å²) < 4.78 is 1.83. The van der Waals surface area contributed by atoms with Gasteiger partial charge in [0, 0.05) is 31.7 Å². The Balaban J connectivity index is 1.66. The number of aromatic nitrogens is 5. The summed E-state index contributed by atoms with van der Waals surface area (Å²) in [6.07, 6.45) is 7.86. The summed E-state index contributed by atoms with van der Waals surface area (Å²) in [5.41, 5.74) is 0.983. The third-order valence-electron chi connectivity index (χ3n) is 5.97. The zero-order valence-electron chi connectivity index (χ0n) is 16.9. The van der Waals surface area contributed by atoms with Crippen LogP contribution in [-0.2, 0) is 4.79 Å². The fraction of sp³-hybridized carbons (Fsp3) is 0.381. The summed E-state index contributed by atoms with van der Waals surface area (Å²) in [7, 11) is 1.81. The zero-order valence-corrected chi connectivity index (χ0v) is 16.9. The number of carbonyl (C=O) groups excluding carboxylic acids is 1. The second kappa shape index (κ2) is 6.10. The van der Waals surface area contributed by atoms with E-state index in [0.29, 0.717) is 17.7 Å². The first-order valence-electron chi connectivity index (χ1n) is 9.85. The Hall–Kier alpha value is -3.29. The molecule has 148 valence electrons. The Kier molecular flexibility index (Phi) is 3.74. The topological polar surface area (TPSA) is 80.0 Å². The Labute approximate surface area is 169 Å². The lowest BCUT2D eigenvalue weighted by atomic mass is 10.0. The Bertz CT molecular complexity index is 1090. The van der Waals surface area contributed by atoms with Crippen molar-refractivity contribution in [3.8, 4) is 17.5 Å². The first-order valence-corrected chi connectivity index (χ1v) is 9.85. The molecule has 0 aromatic carbocycles. The number of anilines is 2. The monoisotopic (exact) mass is 389 g/mol. The summed E-state index contributed by atoms with van der Waals surface area (Å²) in [5, 5.41) is 0. The van der Waals surface area contributed by atoms with Crippen LogP contribution in [0.15, 0.2) is 43.0 Å². The van der Waals surface area contributed by atoms with Crippen LogP contribution in [0.3, 0.4) is 0 Å². The Morgan fingerprint density at radius 2 is 1.97 bits per heavy atom. The highest BCUT2D eigenvalue weighted by atomic mass is 16.2. The molecule has 0 saturated heterocycles. The number of rotatable bonds is 3. The molecule has 29 heavy (non-hydrogen) atoms. The van der Waals surface area contributed by atoms with Gasteiger partial charge in [-0.25, -0.2) is 9.97 Å². The van der Waals surface area contributed by atoms with E-state index in [0.717, 1.165) is 23.6 Å². The van der Waals surface area contributed by atoms with E-state index < -0.39 is 5.54 Å². The Morgan fingerprint density at radius 3 is 2.62 bits per heavy atom. The third-order valence-corrected chi connectivity index (χ3v) is 5.97. The molecule has 1 amide bonds. The van der Waals surface area contributed by atoms with Crippen molar-refractivity contribution in [1.82, 2.24) is 24.5 Å². The second-order valence-electron chi connectivity index (χ2n) is 8.07. The van der Waals surface area contributed by atoms with E-state index in [1.165, 1.54) is 0 Å². The second-order valence-corrected chi connectivity index (χ2v) is 8.07. The molecule has 1 aliphatic heterocycles. The molecule has 5 rings (SSSR count). The first-order chi connectivity index (χ1) is 13.9. The predicted molar refractivity (Wildman–Crippen MR) is 110 cm³/mol. The van der Waals surface area contributed by atoms with Crippen LogP contribution < -0.4 is 9.80 Å². The van der Waals surface area contributed by atoms with E-state index in [-0.39, 0.29) is 11.9 Å². The molecule has 1 saturated carbocycles. The average Bonchev–Trinajstić information content (AvgIpc) is 3.15. The van der Waals surface area contributed by atoms with Crippen molar-refractivity contribution in [2.24, 2.45) is 5.92 Å². The fourth-order valence-corrected chi connectivity index (χ4v) is 4.48. The van der Waals surface area contributed by atoms with Gasteiger partial charge in [0.1, 0.15) is 16.9 Å². The Morgan fingerprint density at radius 1 is 1.17 bits per heavy atom. The summed E-state index contributed by atoms with van der Waals surface area (Å²) in [4.78, 5) is 35.4. The van der Waals surface area contributed by atoms with Crippen molar-refractivity contribution >= 4 is 17.4 Å². The molecule has 8 nitrogen and oxygen atoms in total. The van der Waals surface area contributed by atoms with Crippen LogP contribution in [0, 0.1) is 5.92 Å². The summed E-state index contributed by atoms with van der Waals surface area (Å²) >= 11 is 0. The van der Waals surface area contributed by atoms with Crippen LogP contribution in [0.4, 0.5) is 11.5 Å². The molecule has 0 N–H and O–H groups in total. The van der Waals surface area contributed by atoms with Crippen LogP contribution in [0.1, 0.15) is 27.2 Å². The fourth-order valence-electron chi connectivity index (χ4n) is 4.48. The molecule has 2 atom stereocenters. The average molecular weight is 389 g/mol. The quantitative estimate of drug-likeness (QED) is 0.685. The van der Waals surface area contributed by atoms with E-state index in [9.17, 15) is 4.79 Å². The van der Waals surface area contributed by atoms with Gasteiger partial charge in [0.2, 0.25) is 5.95 Å². The summed E-state index contributed by atoms with van der Waals surface area (Å²) in [6.45, 7) is 6.34. The maximum Gasteiger partial charge on any atom is 0.253 e. The van der Waals surface area contributed by atoms with Gasteiger partial charge in [-0.15, -0.1) is 0 Å². The number of nitrogens with zero attached hydrogens (tertiary/aromatic N) is 7. The van der Waals surface area contributed by atoms with Crippen molar-refractivity contribution in [2.75, 3.05) is 16.8 Å². The molecule has 1 aliphatic carbocycles. The van der Waals surface area contributed by atoms with Crippen LogP contribution in [0.25, 0.3) is 17.5 Å². The minimum atomic E-state index is -0.500. The van der Waals surface area contributed by atoms with Crippen molar-refractivity contribution in [1.29, 1.82) is 0 Å². The van der Waals surface area contributed by atoms with Gasteiger partial charge in [0.05, 0.1) is 6.20 Å². The van der Waals surface area contributed by atoms with Gasteiger partial charge in [0.15, 0.2) is 11.6 Å². The normalized spacial score (nSPS) is 23.1. The lowest BCUT2D eigenvalue weighted by Gasteiger charge is -2.44. The number of carbonyl (C=O) groups is 1. The molecule has 3 aromatic heterocycles. The van der Waals surface area contributed by atoms with E-state index in [4.69, 9.17) is 4.98 Å². The number of imidazole rings is 1. The van der Waals surface area contributed by atoms with Gasteiger partial charge in [-0.05, 0) is 38.3 Å². The molecule has 0 radical (unpaired) electrons. The summed E-state index contributed by atoms with van der Waals surface area (Å²) in [6, 6.07) is 5.84. The maximum atomic E-state index is 13.2.